The number of carbonyl (C=O) groups excluding carboxylic acids is 1. The van der Waals surface area contributed by atoms with Gasteiger partial charge >= 0.3 is 0 Å². The molecule has 0 saturated carbocycles. The van der Waals surface area contributed by atoms with E-state index in [9.17, 15) is 18.7 Å². The Labute approximate surface area is 209 Å². The second kappa shape index (κ2) is 11.8. The molecule has 35 heavy (non-hydrogen) atoms. The fourth-order valence-electron chi connectivity index (χ4n) is 4.07. The summed E-state index contributed by atoms with van der Waals surface area (Å²) in [6.45, 7) is 8.53. The van der Waals surface area contributed by atoms with Crippen molar-refractivity contribution in [2.45, 2.75) is 59.2 Å². The molecule has 0 bridgehead atoms. The zero-order valence-corrected chi connectivity index (χ0v) is 21.3. The minimum Gasteiger partial charge on any atom is -0.390 e. The lowest BCUT2D eigenvalue weighted by Crippen LogP contribution is -2.48. The molecular weight excluding hydrogens is 470 g/mol. The molecule has 0 aliphatic rings. The van der Waals surface area contributed by atoms with E-state index >= 15 is 0 Å². The van der Waals surface area contributed by atoms with Crippen molar-refractivity contribution in [1.29, 1.82) is 0 Å². The van der Waals surface area contributed by atoms with E-state index in [2.05, 4.69) is 53.1 Å². The second-order valence-electron chi connectivity index (χ2n) is 10.0. The number of aromatic nitrogens is 2. The predicted octanol–water partition coefficient (Wildman–Crippen LogP) is 4.27. The third-order valence-corrected chi connectivity index (χ3v) is 5.94. The molecule has 3 N–H and O–H groups in total. The maximum atomic E-state index is 13.6. The molecule has 2 aromatic carbocycles. The number of hydrogen-bond acceptors (Lipinski definition) is 6. The van der Waals surface area contributed by atoms with E-state index in [0.717, 1.165) is 29.3 Å². The number of rotatable bonds is 10. The molecule has 3 aromatic rings. The number of nitrogens with one attached hydrogen (secondary N) is 2. The van der Waals surface area contributed by atoms with Gasteiger partial charge in [0, 0.05) is 37.0 Å². The van der Waals surface area contributed by atoms with Crippen molar-refractivity contribution in [2.24, 2.45) is 5.41 Å². The molecule has 9 heteroatoms. The lowest BCUT2D eigenvalue weighted by atomic mass is 9.87. The van der Waals surface area contributed by atoms with E-state index in [0.29, 0.717) is 12.1 Å². The van der Waals surface area contributed by atoms with Gasteiger partial charge in [0.15, 0.2) is 0 Å². The first-order valence-electron chi connectivity index (χ1n) is 11.5. The number of hydrogen-bond donors (Lipinski definition) is 3. The Morgan fingerprint density at radius 1 is 1.11 bits per heavy atom. The first kappa shape index (κ1) is 26.8. The zero-order chi connectivity index (χ0) is 25.6. The van der Waals surface area contributed by atoms with Crippen LogP contribution in [0.25, 0.3) is 11.3 Å². The van der Waals surface area contributed by atoms with Gasteiger partial charge in [0.05, 0.1) is 12.1 Å². The fraction of sp³-hybridized carbons (Fsp3) is 0.423. The number of aliphatic hydroxyl groups excluding tert-OH is 1. The van der Waals surface area contributed by atoms with Gasteiger partial charge in [-0.3, -0.25) is 4.79 Å². The Morgan fingerprint density at radius 3 is 2.43 bits per heavy atom. The Balaban J connectivity index is 1.72. The normalized spacial score (nSPS) is 13.5. The molecule has 0 aliphatic carbocycles. The van der Waals surface area contributed by atoms with Crippen LogP contribution in [0, 0.1) is 17.0 Å². The van der Waals surface area contributed by atoms with E-state index in [1.165, 1.54) is 36.2 Å². The van der Waals surface area contributed by atoms with Crippen LogP contribution in [0.5, 0.6) is 0 Å². The summed E-state index contributed by atoms with van der Waals surface area (Å²) in [5.74, 6) is -1.74. The van der Waals surface area contributed by atoms with E-state index in [1.807, 2.05) is 11.4 Å². The summed E-state index contributed by atoms with van der Waals surface area (Å²) in [5, 5.41) is 22.9. The van der Waals surface area contributed by atoms with Gasteiger partial charge in [0.1, 0.15) is 17.3 Å². The molecule has 0 radical (unpaired) electrons. The molecule has 0 aliphatic heterocycles. The summed E-state index contributed by atoms with van der Waals surface area (Å²) in [6.07, 6.45) is 0.0216. The average Bonchev–Trinajstić information content (AvgIpc) is 3.26. The van der Waals surface area contributed by atoms with Crippen molar-refractivity contribution in [3.05, 3.63) is 70.1 Å². The molecule has 1 aromatic heterocycles. The van der Waals surface area contributed by atoms with Crippen molar-refractivity contribution in [3.63, 3.8) is 0 Å². The first-order chi connectivity index (χ1) is 16.5. The highest BCUT2D eigenvalue weighted by Gasteiger charge is 2.22. The standard InChI is InChI=1S/C26H32F2N4O2S/c1-16(33)30-23(10-18-8-20(27)11-21(28)9-18)25(34)14-29-13-19-7-17(12-26(2,3)4)5-6-22(19)24-15-35-32-31-24/h5-9,11,15,23,25,29,34H,10,12-14H2,1-4H3,(H,30,33). The Kier molecular flexibility index (Phi) is 9.04. The van der Waals surface area contributed by atoms with Crippen LogP contribution in [0.1, 0.15) is 44.4 Å². The third kappa shape index (κ3) is 8.45. The molecule has 2 unspecified atom stereocenters. The smallest absolute Gasteiger partial charge is 0.217 e. The third-order valence-electron chi connectivity index (χ3n) is 5.44. The van der Waals surface area contributed by atoms with Crippen molar-refractivity contribution in [3.8, 4) is 11.3 Å². The molecule has 0 spiro atoms. The predicted molar refractivity (Wildman–Crippen MR) is 134 cm³/mol. The molecule has 1 heterocycles. The summed E-state index contributed by atoms with van der Waals surface area (Å²) in [4.78, 5) is 11.7. The molecule has 188 valence electrons. The number of benzene rings is 2. The molecule has 0 saturated heterocycles. The second-order valence-corrected chi connectivity index (χ2v) is 10.6. The molecule has 3 rings (SSSR count). The van der Waals surface area contributed by atoms with Crippen LogP contribution in [0.15, 0.2) is 41.8 Å². The molecule has 0 fully saturated rings. The van der Waals surface area contributed by atoms with Crippen LogP contribution >= 0.6 is 11.5 Å². The van der Waals surface area contributed by atoms with Gasteiger partial charge in [0.2, 0.25) is 5.91 Å². The SMILES string of the molecule is CC(=O)NC(Cc1cc(F)cc(F)c1)C(O)CNCc1cc(CC(C)(C)C)ccc1-c1csnn1. The summed E-state index contributed by atoms with van der Waals surface area (Å²) in [6, 6.07) is 8.76. The molecular formula is C26H32F2N4O2S. The topological polar surface area (TPSA) is 87.1 Å². The van der Waals surface area contributed by atoms with Crippen molar-refractivity contribution < 1.29 is 18.7 Å². The van der Waals surface area contributed by atoms with Gasteiger partial charge in [0.25, 0.3) is 0 Å². The van der Waals surface area contributed by atoms with Crippen LogP contribution in [0.3, 0.4) is 0 Å². The minimum absolute atomic E-state index is 0.0912. The van der Waals surface area contributed by atoms with E-state index in [-0.39, 0.29) is 24.3 Å². The first-order valence-corrected chi connectivity index (χ1v) is 12.3. The highest BCUT2D eigenvalue weighted by atomic mass is 32.1. The lowest BCUT2D eigenvalue weighted by molar-refractivity contribution is -0.120. The summed E-state index contributed by atoms with van der Waals surface area (Å²) in [5.41, 5.74) is 4.47. The van der Waals surface area contributed by atoms with Crippen molar-refractivity contribution >= 4 is 17.4 Å². The molecule has 1 amide bonds. The van der Waals surface area contributed by atoms with Gasteiger partial charge in [-0.25, -0.2) is 8.78 Å². The Hall–Kier alpha value is -2.75. The maximum Gasteiger partial charge on any atom is 0.217 e. The number of aliphatic hydroxyl groups is 1. The number of amides is 1. The zero-order valence-electron chi connectivity index (χ0n) is 20.4. The van der Waals surface area contributed by atoms with E-state index in [1.54, 1.807) is 0 Å². The van der Waals surface area contributed by atoms with Gasteiger partial charge in [-0.15, -0.1) is 5.10 Å². The molecule has 2 atom stereocenters. The monoisotopic (exact) mass is 502 g/mol. The largest absolute Gasteiger partial charge is 0.390 e. The molecule has 6 nitrogen and oxygen atoms in total. The van der Waals surface area contributed by atoms with Gasteiger partial charge < -0.3 is 15.7 Å². The highest BCUT2D eigenvalue weighted by Crippen LogP contribution is 2.27. The van der Waals surface area contributed by atoms with E-state index < -0.39 is 23.8 Å². The summed E-state index contributed by atoms with van der Waals surface area (Å²) in [7, 11) is 0. The number of carbonyl (C=O) groups is 1. The number of nitrogens with zero attached hydrogens (tertiary/aromatic N) is 2. The number of halogens is 2. The Morgan fingerprint density at radius 2 is 1.83 bits per heavy atom. The van der Waals surface area contributed by atoms with Gasteiger partial charge in [-0.05, 0) is 58.6 Å². The van der Waals surface area contributed by atoms with Crippen LogP contribution in [-0.2, 0) is 24.2 Å². The highest BCUT2D eigenvalue weighted by molar-refractivity contribution is 7.03. The van der Waals surface area contributed by atoms with Gasteiger partial charge in [-0.1, -0.05) is 43.5 Å². The summed E-state index contributed by atoms with van der Waals surface area (Å²) < 4.78 is 31.2. The minimum atomic E-state index is -0.979. The fourth-order valence-corrected chi connectivity index (χ4v) is 4.53. The summed E-state index contributed by atoms with van der Waals surface area (Å²) >= 11 is 1.28. The van der Waals surface area contributed by atoms with Crippen LogP contribution < -0.4 is 10.6 Å². The van der Waals surface area contributed by atoms with Gasteiger partial charge in [-0.2, -0.15) is 0 Å². The Bertz CT molecular complexity index is 1110. The average molecular weight is 503 g/mol. The van der Waals surface area contributed by atoms with Crippen molar-refractivity contribution in [1.82, 2.24) is 20.2 Å². The van der Waals surface area contributed by atoms with Crippen LogP contribution in [0.2, 0.25) is 0 Å². The maximum absolute atomic E-state index is 13.6. The van der Waals surface area contributed by atoms with Crippen LogP contribution in [-0.4, -0.2) is 39.3 Å². The van der Waals surface area contributed by atoms with Crippen molar-refractivity contribution in [2.75, 3.05) is 6.54 Å². The van der Waals surface area contributed by atoms with Crippen LogP contribution in [0.4, 0.5) is 8.78 Å². The quantitative estimate of drug-likeness (QED) is 0.386. The van der Waals surface area contributed by atoms with E-state index in [4.69, 9.17) is 0 Å². The lowest BCUT2D eigenvalue weighted by Gasteiger charge is -2.25.